The summed E-state index contributed by atoms with van der Waals surface area (Å²) in [7, 11) is 0. The van der Waals surface area contributed by atoms with E-state index in [2.05, 4.69) is 72.0 Å². The Morgan fingerprint density at radius 1 is 0.762 bits per heavy atom. The standard InChI is InChI=1S/C20H19N/c1-2-4-18-13-19(10-9-16(18)3-1)17-7-5-15(6-8-17)14-21-20-11-12-20/h1-10,13,20-21H,11-12,14H2. The van der Waals surface area contributed by atoms with Gasteiger partial charge in [-0.2, -0.15) is 0 Å². The summed E-state index contributed by atoms with van der Waals surface area (Å²) in [5, 5.41) is 6.15. The first kappa shape index (κ1) is 12.6. The van der Waals surface area contributed by atoms with Crippen molar-refractivity contribution in [2.75, 3.05) is 0 Å². The first-order chi connectivity index (χ1) is 10.4. The van der Waals surface area contributed by atoms with E-state index in [0.29, 0.717) is 0 Å². The van der Waals surface area contributed by atoms with Gasteiger partial charge in [-0.3, -0.25) is 0 Å². The average Bonchev–Trinajstić information content (AvgIpc) is 3.37. The Morgan fingerprint density at radius 3 is 2.24 bits per heavy atom. The van der Waals surface area contributed by atoms with Crippen LogP contribution in [0.2, 0.25) is 0 Å². The summed E-state index contributed by atoms with van der Waals surface area (Å²) in [5.74, 6) is 0. The first-order valence-corrected chi connectivity index (χ1v) is 7.70. The maximum atomic E-state index is 3.56. The Kier molecular flexibility index (Phi) is 3.21. The third kappa shape index (κ3) is 2.84. The van der Waals surface area contributed by atoms with Gasteiger partial charge in [0.25, 0.3) is 0 Å². The Bertz CT molecular complexity index is 754. The molecule has 0 amide bonds. The van der Waals surface area contributed by atoms with Crippen LogP contribution < -0.4 is 5.32 Å². The smallest absolute Gasteiger partial charge is 0.0208 e. The zero-order chi connectivity index (χ0) is 14.1. The molecule has 1 N–H and O–H groups in total. The fourth-order valence-corrected chi connectivity index (χ4v) is 2.73. The summed E-state index contributed by atoms with van der Waals surface area (Å²) in [6.45, 7) is 0.989. The van der Waals surface area contributed by atoms with Crippen LogP contribution in [0.1, 0.15) is 18.4 Å². The van der Waals surface area contributed by atoms with Crippen LogP contribution in [0, 0.1) is 0 Å². The number of hydrogen-bond acceptors (Lipinski definition) is 1. The van der Waals surface area contributed by atoms with Crippen molar-refractivity contribution < 1.29 is 0 Å². The molecule has 1 nitrogen and oxygen atoms in total. The predicted molar refractivity (Wildman–Crippen MR) is 89.2 cm³/mol. The van der Waals surface area contributed by atoms with Crippen LogP contribution in [0.5, 0.6) is 0 Å². The first-order valence-electron chi connectivity index (χ1n) is 7.70. The zero-order valence-corrected chi connectivity index (χ0v) is 12.0. The molecule has 1 aliphatic carbocycles. The molecule has 0 radical (unpaired) electrons. The lowest BCUT2D eigenvalue weighted by molar-refractivity contribution is 0.688. The van der Waals surface area contributed by atoms with Crippen molar-refractivity contribution in [2.45, 2.75) is 25.4 Å². The minimum absolute atomic E-state index is 0.769. The van der Waals surface area contributed by atoms with Crippen molar-refractivity contribution in [3.05, 3.63) is 72.3 Å². The fraction of sp³-hybridized carbons (Fsp3) is 0.200. The summed E-state index contributed by atoms with van der Waals surface area (Å²) >= 11 is 0. The largest absolute Gasteiger partial charge is 0.310 e. The van der Waals surface area contributed by atoms with Gasteiger partial charge >= 0.3 is 0 Å². The summed E-state index contributed by atoms with van der Waals surface area (Å²) < 4.78 is 0. The lowest BCUT2D eigenvalue weighted by atomic mass is 10.0. The average molecular weight is 273 g/mol. The molecular weight excluding hydrogens is 254 g/mol. The number of fused-ring (bicyclic) bond motifs is 1. The SMILES string of the molecule is c1ccc2cc(-c3ccc(CNC4CC4)cc3)ccc2c1. The van der Waals surface area contributed by atoms with Crippen molar-refractivity contribution in [3.8, 4) is 11.1 Å². The second-order valence-electron chi connectivity index (χ2n) is 5.91. The Morgan fingerprint density at radius 2 is 1.48 bits per heavy atom. The number of nitrogens with one attached hydrogen (secondary N) is 1. The van der Waals surface area contributed by atoms with Gasteiger partial charge in [-0.25, -0.2) is 0 Å². The molecule has 0 saturated heterocycles. The molecule has 1 heteroatoms. The van der Waals surface area contributed by atoms with Crippen LogP contribution in [0.4, 0.5) is 0 Å². The normalized spacial score (nSPS) is 14.5. The van der Waals surface area contributed by atoms with E-state index in [-0.39, 0.29) is 0 Å². The molecule has 1 aliphatic rings. The van der Waals surface area contributed by atoms with Gasteiger partial charge in [-0.15, -0.1) is 0 Å². The van der Waals surface area contributed by atoms with Crippen molar-refractivity contribution >= 4 is 10.8 Å². The quantitative estimate of drug-likeness (QED) is 0.722. The highest BCUT2D eigenvalue weighted by molar-refractivity contribution is 5.87. The second-order valence-corrected chi connectivity index (χ2v) is 5.91. The van der Waals surface area contributed by atoms with Crippen LogP contribution in [0.25, 0.3) is 21.9 Å². The van der Waals surface area contributed by atoms with E-state index in [9.17, 15) is 0 Å². The topological polar surface area (TPSA) is 12.0 Å². The lowest BCUT2D eigenvalue weighted by Crippen LogP contribution is -2.14. The second kappa shape index (κ2) is 5.34. The van der Waals surface area contributed by atoms with Gasteiger partial charge in [-0.05, 0) is 46.4 Å². The highest BCUT2D eigenvalue weighted by Gasteiger charge is 2.19. The van der Waals surface area contributed by atoms with E-state index < -0.39 is 0 Å². The number of hydrogen-bond donors (Lipinski definition) is 1. The van der Waals surface area contributed by atoms with Crippen LogP contribution in [-0.2, 0) is 6.54 Å². The Labute approximate surface area is 125 Å². The lowest BCUT2D eigenvalue weighted by Gasteiger charge is -2.07. The molecule has 0 unspecified atom stereocenters. The van der Waals surface area contributed by atoms with Gasteiger partial charge in [-0.1, -0.05) is 60.7 Å². The Balaban J connectivity index is 1.58. The molecule has 3 aromatic rings. The van der Waals surface area contributed by atoms with E-state index in [1.165, 1.54) is 40.3 Å². The molecule has 4 rings (SSSR count). The molecule has 0 bridgehead atoms. The minimum Gasteiger partial charge on any atom is -0.310 e. The highest BCUT2D eigenvalue weighted by Crippen LogP contribution is 2.25. The molecule has 0 heterocycles. The van der Waals surface area contributed by atoms with E-state index in [4.69, 9.17) is 0 Å². The molecule has 1 saturated carbocycles. The number of rotatable bonds is 4. The van der Waals surface area contributed by atoms with Crippen LogP contribution in [0.15, 0.2) is 66.7 Å². The monoisotopic (exact) mass is 273 g/mol. The van der Waals surface area contributed by atoms with Crippen molar-refractivity contribution in [3.63, 3.8) is 0 Å². The fourth-order valence-electron chi connectivity index (χ4n) is 2.73. The van der Waals surface area contributed by atoms with Crippen LogP contribution in [-0.4, -0.2) is 6.04 Å². The molecular formula is C20H19N. The summed E-state index contributed by atoms with van der Waals surface area (Å²) in [6, 6.07) is 24.9. The van der Waals surface area contributed by atoms with Crippen LogP contribution in [0.3, 0.4) is 0 Å². The van der Waals surface area contributed by atoms with Crippen molar-refractivity contribution in [1.29, 1.82) is 0 Å². The van der Waals surface area contributed by atoms with Crippen molar-refractivity contribution in [2.24, 2.45) is 0 Å². The minimum atomic E-state index is 0.769. The van der Waals surface area contributed by atoms with E-state index in [0.717, 1.165) is 12.6 Å². The number of benzene rings is 3. The van der Waals surface area contributed by atoms with E-state index >= 15 is 0 Å². The maximum Gasteiger partial charge on any atom is 0.0208 e. The molecule has 1 fully saturated rings. The van der Waals surface area contributed by atoms with Crippen LogP contribution >= 0.6 is 0 Å². The third-order valence-electron chi connectivity index (χ3n) is 4.21. The zero-order valence-electron chi connectivity index (χ0n) is 12.0. The maximum absolute atomic E-state index is 3.56. The van der Waals surface area contributed by atoms with Gasteiger partial charge in [0.15, 0.2) is 0 Å². The highest BCUT2D eigenvalue weighted by atomic mass is 14.9. The molecule has 0 spiro atoms. The predicted octanol–water partition coefficient (Wildman–Crippen LogP) is 4.76. The summed E-state index contributed by atoms with van der Waals surface area (Å²) in [5.41, 5.74) is 3.94. The molecule has 21 heavy (non-hydrogen) atoms. The molecule has 104 valence electrons. The van der Waals surface area contributed by atoms with Gasteiger partial charge in [0.05, 0.1) is 0 Å². The Hall–Kier alpha value is -2.12. The van der Waals surface area contributed by atoms with Gasteiger partial charge in [0, 0.05) is 12.6 Å². The molecule has 0 atom stereocenters. The van der Waals surface area contributed by atoms with Gasteiger partial charge < -0.3 is 5.32 Å². The van der Waals surface area contributed by atoms with E-state index in [1.807, 2.05) is 0 Å². The summed E-state index contributed by atoms with van der Waals surface area (Å²) in [6.07, 6.45) is 2.68. The third-order valence-corrected chi connectivity index (χ3v) is 4.21. The van der Waals surface area contributed by atoms with Gasteiger partial charge in [0.2, 0.25) is 0 Å². The molecule has 0 aliphatic heterocycles. The molecule has 3 aromatic carbocycles. The van der Waals surface area contributed by atoms with Gasteiger partial charge in [0.1, 0.15) is 0 Å². The van der Waals surface area contributed by atoms with E-state index in [1.54, 1.807) is 0 Å². The summed E-state index contributed by atoms with van der Waals surface area (Å²) in [4.78, 5) is 0. The van der Waals surface area contributed by atoms with Crippen molar-refractivity contribution in [1.82, 2.24) is 5.32 Å². The molecule has 0 aromatic heterocycles.